The van der Waals surface area contributed by atoms with E-state index in [-0.39, 0.29) is 13.4 Å². The molecule has 2 aromatic carbocycles. The monoisotopic (exact) mass is 570 g/mol. The highest BCUT2D eigenvalue weighted by Gasteiger charge is 2.75. The van der Waals surface area contributed by atoms with Gasteiger partial charge in [0.15, 0.2) is 4.70 Å². The van der Waals surface area contributed by atoms with Crippen LogP contribution in [-0.2, 0) is 0 Å². The molecule has 42 heavy (non-hydrogen) atoms. The van der Waals surface area contributed by atoms with Crippen LogP contribution >= 0.6 is 23.5 Å². The predicted molar refractivity (Wildman–Crippen MR) is 163 cm³/mol. The number of pyridine rings is 4. The highest BCUT2D eigenvalue weighted by molar-refractivity contribution is 8.00. The molecule has 0 bridgehead atoms. The summed E-state index contributed by atoms with van der Waals surface area (Å²) in [6, 6.07) is 22.2. The van der Waals surface area contributed by atoms with Crippen molar-refractivity contribution in [3.8, 4) is 34.0 Å². The third-order valence-electron chi connectivity index (χ3n) is 10.3. The molecular formula is C32H14B2N5OS2+3. The summed E-state index contributed by atoms with van der Waals surface area (Å²) in [7, 11) is 0. The smallest absolute Gasteiger partial charge is 0.347 e. The Hall–Kier alpha value is -4.37. The number of hydrogen-bond acceptors (Lipinski definition) is 5. The Bertz CT molecular complexity index is 2280. The molecule has 0 N–H and O–H groups in total. The number of nitrogens with zero attached hydrogens (tertiary/aromatic N) is 5. The lowest BCUT2D eigenvalue weighted by atomic mass is 9.38. The van der Waals surface area contributed by atoms with Gasteiger partial charge in [-0.2, -0.15) is 0 Å². The average Bonchev–Trinajstić information content (AvgIpc) is 3.56. The van der Waals surface area contributed by atoms with Crippen LogP contribution < -0.4 is 51.8 Å². The van der Waals surface area contributed by atoms with E-state index in [4.69, 9.17) is 14.7 Å². The minimum absolute atomic E-state index is 0.120. The van der Waals surface area contributed by atoms with Crippen LogP contribution in [0.1, 0.15) is 0 Å². The first-order valence-corrected chi connectivity index (χ1v) is 15.8. The molecule has 0 aliphatic carbocycles. The maximum absolute atomic E-state index is 6.95. The van der Waals surface area contributed by atoms with Crippen molar-refractivity contribution in [3.05, 3.63) is 85.5 Å². The van der Waals surface area contributed by atoms with E-state index in [0.717, 1.165) is 22.9 Å². The number of benzene rings is 2. The number of ether oxygens (including phenoxy) is 1. The Labute approximate surface area is 248 Å². The van der Waals surface area contributed by atoms with Gasteiger partial charge in [-0.1, -0.05) is 23.5 Å². The zero-order chi connectivity index (χ0) is 26.6. The lowest BCUT2D eigenvalue weighted by molar-refractivity contribution is -1.03. The van der Waals surface area contributed by atoms with Crippen molar-refractivity contribution in [2.45, 2.75) is 19.6 Å². The molecular weight excluding hydrogens is 556 g/mol. The summed E-state index contributed by atoms with van der Waals surface area (Å²) in [4.78, 5) is 15.2. The summed E-state index contributed by atoms with van der Waals surface area (Å²) in [6.45, 7) is 0.240. The molecule has 0 fully saturated rings. The van der Waals surface area contributed by atoms with Crippen molar-refractivity contribution in [2.24, 2.45) is 0 Å². The first kappa shape index (κ1) is 20.5. The van der Waals surface area contributed by atoms with Crippen molar-refractivity contribution in [2.75, 3.05) is 0 Å². The van der Waals surface area contributed by atoms with Gasteiger partial charge >= 0.3 is 24.8 Å². The zero-order valence-electron chi connectivity index (χ0n) is 21.7. The van der Waals surface area contributed by atoms with E-state index in [0.29, 0.717) is 4.70 Å². The summed E-state index contributed by atoms with van der Waals surface area (Å²) in [6.07, 6.45) is 8.52. The van der Waals surface area contributed by atoms with Crippen molar-refractivity contribution in [1.82, 2.24) is 14.7 Å². The van der Waals surface area contributed by atoms with Crippen LogP contribution in [0, 0.1) is 0 Å². The van der Waals surface area contributed by atoms with Gasteiger partial charge in [-0.05, 0) is 59.5 Å². The van der Waals surface area contributed by atoms with Gasteiger partial charge in [-0.3, -0.25) is 9.97 Å². The molecule has 7 aliphatic heterocycles. The molecule has 11 heterocycles. The van der Waals surface area contributed by atoms with E-state index in [2.05, 4.69) is 82.4 Å². The molecule has 0 saturated carbocycles. The summed E-state index contributed by atoms with van der Waals surface area (Å²) < 4.78 is 12.4. The predicted octanol–water partition coefficient (Wildman–Crippen LogP) is 1.27. The second-order valence-corrected chi connectivity index (χ2v) is 14.0. The molecule has 10 heteroatoms. The van der Waals surface area contributed by atoms with Crippen molar-refractivity contribution >= 4 is 81.4 Å². The van der Waals surface area contributed by atoms with Crippen LogP contribution in [0.5, 0.6) is 11.5 Å². The average molecular weight is 570 g/mol. The highest BCUT2D eigenvalue weighted by Crippen LogP contribution is 2.54. The van der Waals surface area contributed by atoms with E-state index in [9.17, 15) is 0 Å². The van der Waals surface area contributed by atoms with Crippen LogP contribution in [0.3, 0.4) is 0 Å². The topological polar surface area (TPSA) is 42.8 Å². The van der Waals surface area contributed by atoms with Crippen molar-refractivity contribution < 1.29 is 14.1 Å². The lowest BCUT2D eigenvalue weighted by Crippen LogP contribution is -2.98. The molecule has 0 radical (unpaired) electrons. The standard InChI is InChI=1S/C32H14B2N5OS2/c1-3-15-27-23-21(9-11-35-27)41-19-7-5-17-29-25(19)33(23)31(15)37(13-1)39(29)30-18(40-17)6-8-20-26(30)34-24-22(42-20)10-12-36-28(24)16-4-2-14-38(39)32(16)34/h1-14H/q+3. The number of quaternary nitrogens is 1. The Morgan fingerprint density at radius 2 is 1.10 bits per heavy atom. The third kappa shape index (κ3) is 1.81. The van der Waals surface area contributed by atoms with Gasteiger partial charge in [0.2, 0.25) is 35.1 Å². The normalized spacial score (nSPS) is 17.1. The van der Waals surface area contributed by atoms with E-state index < -0.39 is 0 Å². The molecule has 0 saturated heterocycles. The van der Waals surface area contributed by atoms with Gasteiger partial charge in [-0.15, -0.1) is 0 Å². The molecule has 4 aromatic heterocycles. The largest absolute Gasteiger partial charge is 0.444 e. The Balaban J connectivity index is 1.32. The van der Waals surface area contributed by atoms with Crippen LogP contribution in [0.4, 0.5) is 11.4 Å². The molecule has 1 spiro atoms. The molecule has 0 amide bonds. The number of aromatic nitrogens is 4. The van der Waals surface area contributed by atoms with Gasteiger partial charge in [0.25, 0.3) is 0 Å². The number of hydrogen-bond donors (Lipinski definition) is 0. The van der Waals surface area contributed by atoms with E-state index >= 15 is 0 Å². The van der Waals surface area contributed by atoms with Gasteiger partial charge < -0.3 is 4.74 Å². The molecule has 7 aliphatic rings. The third-order valence-corrected chi connectivity index (χ3v) is 12.6. The minimum Gasteiger partial charge on any atom is -0.444 e. The summed E-state index contributed by atoms with van der Waals surface area (Å²) in [5.74, 6) is 1.85. The van der Waals surface area contributed by atoms with E-state index in [1.54, 1.807) is 0 Å². The number of fused-ring (bicyclic) bond motifs is 2. The molecule has 0 unspecified atom stereocenters. The first-order chi connectivity index (χ1) is 20.8. The fourth-order valence-electron chi connectivity index (χ4n) is 9.10. The second kappa shape index (κ2) is 6.20. The maximum Gasteiger partial charge on any atom is 0.347 e. The molecule has 188 valence electrons. The number of rotatable bonds is 0. The van der Waals surface area contributed by atoms with Gasteiger partial charge in [0, 0.05) is 64.4 Å². The molecule has 0 atom stereocenters. The summed E-state index contributed by atoms with van der Waals surface area (Å²) in [5.41, 5.74) is 15.1. The molecule has 6 aromatic rings. The van der Waals surface area contributed by atoms with E-state index in [1.165, 1.54) is 75.1 Å². The summed E-state index contributed by atoms with van der Waals surface area (Å²) >= 11 is 3.75. The van der Waals surface area contributed by atoms with Crippen LogP contribution in [0.25, 0.3) is 22.5 Å². The maximum atomic E-state index is 6.95. The Morgan fingerprint density at radius 1 is 0.595 bits per heavy atom. The van der Waals surface area contributed by atoms with Gasteiger partial charge in [0.05, 0.1) is 22.5 Å². The summed E-state index contributed by atoms with van der Waals surface area (Å²) in [5, 5.41) is 0. The van der Waals surface area contributed by atoms with E-state index in [1.807, 2.05) is 35.9 Å². The minimum atomic E-state index is 0.120. The van der Waals surface area contributed by atoms with Gasteiger partial charge in [0.1, 0.15) is 0 Å². The van der Waals surface area contributed by atoms with Crippen LogP contribution in [0.15, 0.2) is 105 Å². The fourth-order valence-corrected chi connectivity index (χ4v) is 11.4. The van der Waals surface area contributed by atoms with Crippen molar-refractivity contribution in [1.29, 1.82) is 0 Å². The Kier molecular flexibility index (Phi) is 3.02. The van der Waals surface area contributed by atoms with Crippen LogP contribution in [0.2, 0.25) is 0 Å². The SMILES string of the molecule is c1cc2c3[n+](c1)[N+]14c5c(ccc6c5B3c3c(ccnc3-2)S6)Oc2ccc3c(c21)B1c2c(ccnc2-c2ccc[n+]4c21)S3. The quantitative estimate of drug-likeness (QED) is 0.156. The fraction of sp³-hybridized carbons (Fsp3) is 0. The molecule has 6 nitrogen and oxygen atoms in total. The van der Waals surface area contributed by atoms with Gasteiger partial charge in [-0.25, -0.2) is 0 Å². The Morgan fingerprint density at radius 3 is 1.62 bits per heavy atom. The first-order valence-electron chi connectivity index (χ1n) is 14.2. The second-order valence-electron chi connectivity index (χ2n) is 11.9. The zero-order valence-corrected chi connectivity index (χ0v) is 23.3. The van der Waals surface area contributed by atoms with Crippen molar-refractivity contribution in [3.63, 3.8) is 0 Å². The lowest BCUT2D eigenvalue weighted by Gasteiger charge is -2.40. The molecule has 13 rings (SSSR count). The van der Waals surface area contributed by atoms with Crippen LogP contribution in [-0.4, -0.2) is 23.4 Å². The highest BCUT2D eigenvalue weighted by atomic mass is 32.2.